The van der Waals surface area contributed by atoms with Crippen LogP contribution in [-0.4, -0.2) is 51.7 Å². The summed E-state index contributed by atoms with van der Waals surface area (Å²) >= 11 is 5.60. The molecule has 1 aromatic carbocycles. The molecule has 1 N–H and O–H groups in total. The topological polar surface area (TPSA) is 83.0 Å². The third-order valence-corrected chi connectivity index (χ3v) is 5.51. The van der Waals surface area contributed by atoms with Crippen LogP contribution in [0.4, 0.5) is 5.69 Å². The molecule has 0 radical (unpaired) electrons. The number of hydrogen-bond donors (Lipinski definition) is 1. The highest BCUT2D eigenvalue weighted by Gasteiger charge is 2.48. The Morgan fingerprint density at radius 2 is 2.03 bits per heavy atom. The number of methoxy groups -OCH3 is 1. The molecule has 1 saturated heterocycles. The van der Waals surface area contributed by atoms with E-state index in [2.05, 4.69) is 4.98 Å². The quantitative estimate of drug-likeness (QED) is 0.666. The molecule has 8 heteroatoms. The van der Waals surface area contributed by atoms with E-state index in [0.29, 0.717) is 30.2 Å². The van der Waals surface area contributed by atoms with E-state index in [-0.39, 0.29) is 5.91 Å². The second kappa shape index (κ2) is 9.00. The molecule has 29 heavy (non-hydrogen) atoms. The maximum atomic E-state index is 13.2. The third-order valence-electron chi connectivity index (χ3n) is 5.09. The van der Waals surface area contributed by atoms with Crippen molar-refractivity contribution >= 4 is 34.9 Å². The van der Waals surface area contributed by atoms with Crippen LogP contribution in [0.25, 0.3) is 0 Å². The Kier molecular flexibility index (Phi) is 6.43. The second-order valence-corrected chi connectivity index (χ2v) is 7.12. The molecule has 3 rings (SSSR count). The number of ether oxygens (including phenoxy) is 1. The van der Waals surface area contributed by atoms with E-state index in [9.17, 15) is 14.7 Å². The van der Waals surface area contributed by atoms with Gasteiger partial charge in [-0.25, -0.2) is 0 Å². The average Bonchev–Trinajstić information content (AvgIpc) is 2.97. The van der Waals surface area contributed by atoms with Crippen LogP contribution in [0.15, 0.2) is 48.8 Å². The molecule has 0 aliphatic carbocycles. The lowest BCUT2D eigenvalue weighted by atomic mass is 9.95. The maximum Gasteiger partial charge on any atom is 0.309 e. The van der Waals surface area contributed by atoms with Gasteiger partial charge in [0.15, 0.2) is 5.11 Å². The van der Waals surface area contributed by atoms with Crippen LogP contribution in [0.1, 0.15) is 18.9 Å². The average molecular weight is 413 g/mol. The van der Waals surface area contributed by atoms with Crippen molar-refractivity contribution < 1.29 is 19.4 Å². The van der Waals surface area contributed by atoms with Crippen LogP contribution in [0, 0.1) is 5.92 Å². The summed E-state index contributed by atoms with van der Waals surface area (Å²) in [5, 5.41) is 9.99. The molecule has 1 amide bonds. The monoisotopic (exact) mass is 413 g/mol. The number of carbonyl (C=O) groups excluding carboxylic acids is 1. The number of hydrogen-bond acceptors (Lipinski definition) is 5. The SMILES string of the molecule is CCC(C(=O)O)C1C(=O)N(c2cccnc2)C(=S)N1CCc1ccc(OC)cc1. The summed E-state index contributed by atoms with van der Waals surface area (Å²) < 4.78 is 5.18. The molecule has 2 unspecified atom stereocenters. The van der Waals surface area contributed by atoms with E-state index in [1.807, 2.05) is 24.3 Å². The summed E-state index contributed by atoms with van der Waals surface area (Å²) in [6, 6.07) is 10.2. The molecule has 2 heterocycles. The van der Waals surface area contributed by atoms with Crippen molar-refractivity contribution in [3.8, 4) is 5.75 Å². The van der Waals surface area contributed by atoms with Crippen LogP contribution in [0.5, 0.6) is 5.75 Å². The van der Waals surface area contributed by atoms with Crippen molar-refractivity contribution in [1.82, 2.24) is 9.88 Å². The van der Waals surface area contributed by atoms with Gasteiger partial charge in [-0.3, -0.25) is 19.5 Å². The number of benzene rings is 1. The number of anilines is 1. The first-order chi connectivity index (χ1) is 14.0. The molecule has 7 nitrogen and oxygen atoms in total. The fourth-order valence-corrected chi connectivity index (χ4v) is 3.93. The number of carboxylic acid groups (broad SMARTS) is 1. The van der Waals surface area contributed by atoms with Gasteiger partial charge in [-0.05, 0) is 54.9 Å². The van der Waals surface area contributed by atoms with Gasteiger partial charge in [0.1, 0.15) is 11.8 Å². The maximum absolute atomic E-state index is 13.2. The first-order valence-corrected chi connectivity index (χ1v) is 9.79. The highest BCUT2D eigenvalue weighted by molar-refractivity contribution is 7.80. The number of rotatable bonds is 8. The second-order valence-electron chi connectivity index (χ2n) is 6.76. The first kappa shape index (κ1) is 20.7. The molecule has 1 aromatic heterocycles. The zero-order chi connectivity index (χ0) is 21.0. The smallest absolute Gasteiger partial charge is 0.309 e. The Balaban J connectivity index is 1.88. The van der Waals surface area contributed by atoms with Gasteiger partial charge in [-0.15, -0.1) is 0 Å². The molecular formula is C21H23N3O4S. The van der Waals surface area contributed by atoms with Gasteiger partial charge in [0.25, 0.3) is 5.91 Å². The van der Waals surface area contributed by atoms with Crippen molar-refractivity contribution in [2.24, 2.45) is 5.92 Å². The van der Waals surface area contributed by atoms with E-state index in [1.165, 1.54) is 4.90 Å². The minimum absolute atomic E-state index is 0.307. The Morgan fingerprint density at radius 3 is 2.59 bits per heavy atom. The number of thiocarbonyl (C=S) groups is 1. The first-order valence-electron chi connectivity index (χ1n) is 9.38. The van der Waals surface area contributed by atoms with Crippen LogP contribution in [0.2, 0.25) is 0 Å². The molecule has 0 bridgehead atoms. The normalized spacial score (nSPS) is 17.5. The molecule has 0 saturated carbocycles. The predicted molar refractivity (Wildman–Crippen MR) is 113 cm³/mol. The molecular weight excluding hydrogens is 390 g/mol. The van der Waals surface area contributed by atoms with Crippen molar-refractivity contribution in [2.75, 3.05) is 18.6 Å². The molecule has 1 aliphatic heterocycles. The summed E-state index contributed by atoms with van der Waals surface area (Å²) in [5.41, 5.74) is 1.59. The predicted octanol–water partition coefficient (Wildman–Crippen LogP) is 2.75. The highest BCUT2D eigenvalue weighted by Crippen LogP contribution is 2.30. The highest BCUT2D eigenvalue weighted by atomic mass is 32.1. The summed E-state index contributed by atoms with van der Waals surface area (Å²) in [4.78, 5) is 32.2. The van der Waals surface area contributed by atoms with Crippen molar-refractivity contribution in [3.05, 3.63) is 54.4 Å². The Bertz CT molecular complexity index is 889. The number of amides is 1. The van der Waals surface area contributed by atoms with Gasteiger partial charge in [-0.2, -0.15) is 0 Å². The lowest BCUT2D eigenvalue weighted by Gasteiger charge is -2.27. The van der Waals surface area contributed by atoms with Crippen LogP contribution in [-0.2, 0) is 16.0 Å². The van der Waals surface area contributed by atoms with Crippen LogP contribution >= 0.6 is 12.2 Å². The number of pyridine rings is 1. The van der Waals surface area contributed by atoms with Crippen molar-refractivity contribution in [1.29, 1.82) is 0 Å². The minimum atomic E-state index is -1.00. The molecule has 1 fully saturated rings. The van der Waals surface area contributed by atoms with E-state index in [1.54, 1.807) is 43.5 Å². The lowest BCUT2D eigenvalue weighted by Crippen LogP contribution is -2.44. The van der Waals surface area contributed by atoms with Gasteiger partial charge in [0, 0.05) is 12.7 Å². The van der Waals surface area contributed by atoms with Crippen LogP contribution in [0.3, 0.4) is 0 Å². The molecule has 2 aromatic rings. The Morgan fingerprint density at radius 1 is 1.31 bits per heavy atom. The van der Waals surface area contributed by atoms with E-state index < -0.39 is 17.9 Å². The minimum Gasteiger partial charge on any atom is -0.497 e. The van der Waals surface area contributed by atoms with Gasteiger partial charge >= 0.3 is 5.97 Å². The third kappa shape index (κ3) is 4.22. The van der Waals surface area contributed by atoms with Crippen LogP contribution < -0.4 is 9.64 Å². The Hall–Kier alpha value is -3.00. The fourth-order valence-electron chi connectivity index (χ4n) is 3.53. The lowest BCUT2D eigenvalue weighted by molar-refractivity contribution is -0.146. The number of aromatic nitrogens is 1. The van der Waals surface area contributed by atoms with Gasteiger partial charge in [-0.1, -0.05) is 19.1 Å². The van der Waals surface area contributed by atoms with Crippen molar-refractivity contribution in [2.45, 2.75) is 25.8 Å². The standard InChI is InChI=1S/C21H23N3O4S/c1-3-17(20(26)27)18-19(25)24(15-5-4-11-22-13-15)21(29)23(18)12-10-14-6-8-16(28-2)9-7-14/h4-9,11,13,17-18H,3,10,12H2,1-2H3,(H,26,27). The molecule has 1 aliphatic rings. The van der Waals surface area contributed by atoms with E-state index in [4.69, 9.17) is 17.0 Å². The number of carboxylic acids is 1. The van der Waals surface area contributed by atoms with Gasteiger partial charge < -0.3 is 14.7 Å². The fraction of sp³-hybridized carbons (Fsp3) is 0.333. The van der Waals surface area contributed by atoms with E-state index in [0.717, 1.165) is 11.3 Å². The largest absolute Gasteiger partial charge is 0.497 e. The van der Waals surface area contributed by atoms with E-state index >= 15 is 0 Å². The number of carbonyl (C=O) groups is 2. The number of nitrogens with zero attached hydrogens (tertiary/aromatic N) is 3. The van der Waals surface area contributed by atoms with Crippen molar-refractivity contribution in [3.63, 3.8) is 0 Å². The Labute approximate surface area is 174 Å². The summed E-state index contributed by atoms with van der Waals surface area (Å²) in [7, 11) is 1.61. The molecule has 0 spiro atoms. The molecule has 152 valence electrons. The summed E-state index contributed by atoms with van der Waals surface area (Å²) in [6.07, 6.45) is 4.10. The number of aliphatic carboxylic acids is 1. The zero-order valence-electron chi connectivity index (χ0n) is 16.3. The summed E-state index contributed by atoms with van der Waals surface area (Å²) in [6.45, 7) is 2.20. The summed E-state index contributed by atoms with van der Waals surface area (Å²) in [5.74, 6) is -1.42. The van der Waals surface area contributed by atoms with Gasteiger partial charge in [0.05, 0.1) is 24.9 Å². The molecule has 2 atom stereocenters. The zero-order valence-corrected chi connectivity index (χ0v) is 17.1. The van der Waals surface area contributed by atoms with Gasteiger partial charge in [0.2, 0.25) is 0 Å².